The second kappa shape index (κ2) is 6.08. The van der Waals surface area contributed by atoms with Crippen LogP contribution in [0.25, 0.3) is 0 Å². The van der Waals surface area contributed by atoms with Crippen LogP contribution in [0.1, 0.15) is 26.3 Å². The zero-order valence-corrected chi connectivity index (χ0v) is 10.6. The normalized spacial score (nSPS) is 11.9. The Bertz CT molecular complexity index is 390. The van der Waals surface area contributed by atoms with Gasteiger partial charge in [0.15, 0.2) is 5.84 Å². The molecule has 1 rings (SSSR count). The first-order valence-electron chi connectivity index (χ1n) is 5.78. The molecule has 5 nitrogen and oxygen atoms in total. The van der Waals surface area contributed by atoms with E-state index in [0.717, 1.165) is 18.9 Å². The van der Waals surface area contributed by atoms with E-state index < -0.39 is 0 Å². The zero-order chi connectivity index (χ0) is 12.8. The highest BCUT2D eigenvalue weighted by atomic mass is 16.4. The number of aromatic nitrogens is 1. The average Bonchev–Trinajstić information content (AvgIpc) is 2.34. The van der Waals surface area contributed by atoms with Crippen LogP contribution in [0.15, 0.2) is 23.5 Å². The van der Waals surface area contributed by atoms with Crippen molar-refractivity contribution in [2.45, 2.75) is 20.8 Å². The molecule has 1 aromatic rings. The van der Waals surface area contributed by atoms with E-state index in [2.05, 4.69) is 35.8 Å². The highest BCUT2D eigenvalue weighted by Crippen LogP contribution is 2.18. The minimum atomic E-state index is 0.0929. The lowest BCUT2D eigenvalue weighted by Crippen LogP contribution is -2.30. The number of nitrogens with zero attached hydrogens (tertiary/aromatic N) is 3. The zero-order valence-electron chi connectivity index (χ0n) is 10.6. The van der Waals surface area contributed by atoms with Gasteiger partial charge in [0.05, 0.1) is 5.56 Å². The van der Waals surface area contributed by atoms with Crippen LogP contribution in [-0.4, -0.2) is 29.1 Å². The average molecular weight is 236 g/mol. The van der Waals surface area contributed by atoms with Crippen molar-refractivity contribution in [3.05, 3.63) is 23.9 Å². The molecule has 0 radical (unpaired) electrons. The maximum atomic E-state index is 8.77. The molecule has 0 aliphatic heterocycles. The van der Waals surface area contributed by atoms with Gasteiger partial charge in [0.25, 0.3) is 0 Å². The van der Waals surface area contributed by atoms with Crippen molar-refractivity contribution in [3.8, 4) is 0 Å². The largest absolute Gasteiger partial charge is 0.409 e. The van der Waals surface area contributed by atoms with Crippen LogP contribution in [0.4, 0.5) is 5.82 Å². The summed E-state index contributed by atoms with van der Waals surface area (Å²) in [6.45, 7) is 8.08. The van der Waals surface area contributed by atoms with Crippen LogP contribution in [0.2, 0.25) is 0 Å². The lowest BCUT2D eigenvalue weighted by atomic mass is 10.1. The van der Waals surface area contributed by atoms with E-state index in [0.29, 0.717) is 11.5 Å². The van der Waals surface area contributed by atoms with Gasteiger partial charge < -0.3 is 15.8 Å². The van der Waals surface area contributed by atoms with E-state index in [1.807, 2.05) is 0 Å². The summed E-state index contributed by atoms with van der Waals surface area (Å²) in [6.07, 6.45) is 1.71. The summed E-state index contributed by atoms with van der Waals surface area (Å²) in [5.41, 5.74) is 6.32. The Kier molecular flexibility index (Phi) is 4.75. The van der Waals surface area contributed by atoms with Crippen LogP contribution in [0, 0.1) is 5.92 Å². The molecular weight excluding hydrogens is 216 g/mol. The van der Waals surface area contributed by atoms with Gasteiger partial charge in [0.1, 0.15) is 5.82 Å². The van der Waals surface area contributed by atoms with Crippen LogP contribution < -0.4 is 10.6 Å². The molecule has 3 N–H and O–H groups in total. The van der Waals surface area contributed by atoms with Gasteiger partial charge in [0.2, 0.25) is 0 Å². The highest BCUT2D eigenvalue weighted by Gasteiger charge is 2.14. The van der Waals surface area contributed by atoms with Gasteiger partial charge in [-0.3, -0.25) is 0 Å². The van der Waals surface area contributed by atoms with Gasteiger partial charge in [0, 0.05) is 19.3 Å². The lowest BCUT2D eigenvalue weighted by molar-refractivity contribution is 0.318. The third kappa shape index (κ3) is 3.34. The number of nitrogens with two attached hydrogens (primary N) is 1. The quantitative estimate of drug-likeness (QED) is 0.353. The molecule has 0 unspecified atom stereocenters. The third-order valence-corrected chi connectivity index (χ3v) is 2.44. The van der Waals surface area contributed by atoms with Crippen molar-refractivity contribution < 1.29 is 5.21 Å². The van der Waals surface area contributed by atoms with Crippen LogP contribution in [0.5, 0.6) is 0 Å². The number of hydrogen-bond donors (Lipinski definition) is 2. The molecular formula is C12H20N4O. The second-order valence-electron chi connectivity index (χ2n) is 4.29. The SMILES string of the molecule is CCN(CC(C)C)c1ncccc1/C(N)=N/O. The minimum Gasteiger partial charge on any atom is -0.409 e. The standard InChI is InChI=1S/C12H20N4O/c1-4-16(8-9(2)3)12-10(11(13)15-17)6-5-7-14-12/h5-7,9,17H,4,8H2,1-3H3,(H2,13,15). The molecule has 0 aliphatic rings. The topological polar surface area (TPSA) is 74.7 Å². The molecule has 0 saturated carbocycles. The molecule has 0 saturated heterocycles. The third-order valence-electron chi connectivity index (χ3n) is 2.44. The fourth-order valence-electron chi connectivity index (χ4n) is 1.71. The van der Waals surface area contributed by atoms with E-state index in [-0.39, 0.29) is 5.84 Å². The maximum Gasteiger partial charge on any atom is 0.173 e. The van der Waals surface area contributed by atoms with Crippen LogP contribution >= 0.6 is 0 Å². The van der Waals surface area contributed by atoms with Crippen molar-refractivity contribution in [1.29, 1.82) is 0 Å². The first kappa shape index (κ1) is 13.3. The Morgan fingerprint density at radius 3 is 2.82 bits per heavy atom. The number of hydrogen-bond acceptors (Lipinski definition) is 4. The Hall–Kier alpha value is -1.78. The molecule has 1 heterocycles. The smallest absolute Gasteiger partial charge is 0.173 e. The fourth-order valence-corrected chi connectivity index (χ4v) is 1.71. The molecule has 5 heteroatoms. The van der Waals surface area contributed by atoms with Crippen LogP contribution in [0.3, 0.4) is 0 Å². The molecule has 0 bridgehead atoms. The van der Waals surface area contributed by atoms with Gasteiger partial charge in [-0.2, -0.15) is 0 Å². The van der Waals surface area contributed by atoms with Crippen molar-refractivity contribution in [2.75, 3.05) is 18.0 Å². The van der Waals surface area contributed by atoms with E-state index in [1.165, 1.54) is 0 Å². The maximum absolute atomic E-state index is 8.77. The predicted molar refractivity (Wildman–Crippen MR) is 69.5 cm³/mol. The summed E-state index contributed by atoms with van der Waals surface area (Å²) >= 11 is 0. The summed E-state index contributed by atoms with van der Waals surface area (Å²) in [7, 11) is 0. The summed E-state index contributed by atoms with van der Waals surface area (Å²) in [4.78, 5) is 6.45. The van der Waals surface area contributed by atoms with Crippen molar-refractivity contribution in [3.63, 3.8) is 0 Å². The van der Waals surface area contributed by atoms with E-state index in [1.54, 1.807) is 18.3 Å². The number of oxime groups is 1. The van der Waals surface area contributed by atoms with Crippen molar-refractivity contribution in [1.82, 2.24) is 4.98 Å². The molecule has 0 aliphatic carbocycles. The fraction of sp³-hybridized carbons (Fsp3) is 0.500. The molecule has 1 aromatic heterocycles. The Morgan fingerprint density at radius 1 is 1.59 bits per heavy atom. The van der Waals surface area contributed by atoms with Gasteiger partial charge >= 0.3 is 0 Å². The number of rotatable bonds is 5. The molecule has 0 atom stereocenters. The van der Waals surface area contributed by atoms with Crippen molar-refractivity contribution in [2.24, 2.45) is 16.8 Å². The first-order valence-corrected chi connectivity index (χ1v) is 5.78. The predicted octanol–water partition coefficient (Wildman–Crippen LogP) is 1.66. The van der Waals surface area contributed by atoms with Gasteiger partial charge in [-0.1, -0.05) is 19.0 Å². The Balaban J connectivity index is 3.10. The highest BCUT2D eigenvalue weighted by molar-refractivity contribution is 6.01. The number of pyridine rings is 1. The number of amidine groups is 1. The van der Waals surface area contributed by atoms with E-state index in [4.69, 9.17) is 10.9 Å². The summed E-state index contributed by atoms with van der Waals surface area (Å²) in [5.74, 6) is 1.38. The van der Waals surface area contributed by atoms with E-state index >= 15 is 0 Å². The Labute approximate surface area is 102 Å². The van der Waals surface area contributed by atoms with Crippen LogP contribution in [-0.2, 0) is 0 Å². The van der Waals surface area contributed by atoms with E-state index in [9.17, 15) is 0 Å². The lowest BCUT2D eigenvalue weighted by Gasteiger charge is -2.25. The molecule has 94 valence electrons. The second-order valence-corrected chi connectivity index (χ2v) is 4.29. The molecule has 0 amide bonds. The minimum absolute atomic E-state index is 0.0929. The Morgan fingerprint density at radius 2 is 2.29 bits per heavy atom. The summed E-state index contributed by atoms with van der Waals surface area (Å²) in [6, 6.07) is 3.58. The number of anilines is 1. The molecule has 0 fully saturated rings. The van der Waals surface area contributed by atoms with Gasteiger partial charge in [-0.05, 0) is 25.0 Å². The summed E-state index contributed by atoms with van der Waals surface area (Å²) < 4.78 is 0. The summed E-state index contributed by atoms with van der Waals surface area (Å²) in [5, 5.41) is 11.8. The first-order chi connectivity index (χ1) is 8.10. The molecule has 0 spiro atoms. The monoisotopic (exact) mass is 236 g/mol. The van der Waals surface area contributed by atoms with Crippen molar-refractivity contribution >= 4 is 11.7 Å². The molecule has 17 heavy (non-hydrogen) atoms. The molecule has 0 aromatic carbocycles. The van der Waals surface area contributed by atoms with Gasteiger partial charge in [-0.15, -0.1) is 0 Å². The van der Waals surface area contributed by atoms with Gasteiger partial charge in [-0.25, -0.2) is 4.98 Å².